The molecule has 1 amide bonds. The summed E-state index contributed by atoms with van der Waals surface area (Å²) in [6.45, 7) is 4.98. The Morgan fingerprint density at radius 3 is 2.53 bits per heavy atom. The van der Waals surface area contributed by atoms with Crippen LogP contribution < -0.4 is 5.73 Å². The van der Waals surface area contributed by atoms with Crippen molar-refractivity contribution in [3.05, 3.63) is 0 Å². The van der Waals surface area contributed by atoms with Crippen LogP contribution in [0, 0.1) is 5.92 Å². The van der Waals surface area contributed by atoms with Gasteiger partial charge < -0.3 is 10.6 Å². The number of hydrogen-bond donors (Lipinski definition) is 1. The van der Waals surface area contributed by atoms with Crippen molar-refractivity contribution in [2.75, 3.05) is 6.54 Å². The Bertz CT molecular complexity index is 286. The summed E-state index contributed by atoms with van der Waals surface area (Å²) in [5.41, 5.74) is 5.64. The highest BCUT2D eigenvalue weighted by molar-refractivity contribution is 5.86. The first-order chi connectivity index (χ1) is 8.12. The third kappa shape index (κ3) is 2.22. The van der Waals surface area contributed by atoms with Gasteiger partial charge in [0.15, 0.2) is 0 Å². The Kier molecular flexibility index (Phi) is 3.76. The molecule has 3 heteroatoms. The van der Waals surface area contributed by atoms with Gasteiger partial charge in [-0.2, -0.15) is 0 Å². The average Bonchev–Trinajstić information content (AvgIpc) is 2.85. The summed E-state index contributed by atoms with van der Waals surface area (Å²) < 4.78 is 0. The van der Waals surface area contributed by atoms with Crippen molar-refractivity contribution < 1.29 is 4.79 Å². The quantitative estimate of drug-likeness (QED) is 0.820. The number of nitrogens with zero attached hydrogens (tertiary/aromatic N) is 1. The SMILES string of the molecule is CCC(N)(CC)C(=O)N1CCCC2CCCC21. The summed E-state index contributed by atoms with van der Waals surface area (Å²) >= 11 is 0. The Morgan fingerprint density at radius 2 is 1.88 bits per heavy atom. The third-order valence-electron chi connectivity index (χ3n) is 4.94. The zero-order valence-electron chi connectivity index (χ0n) is 11.2. The lowest BCUT2D eigenvalue weighted by atomic mass is 9.87. The molecule has 1 saturated heterocycles. The first-order valence-corrected chi connectivity index (χ1v) is 7.22. The number of likely N-dealkylation sites (tertiary alicyclic amines) is 1. The van der Waals surface area contributed by atoms with E-state index in [1.54, 1.807) is 0 Å². The van der Waals surface area contributed by atoms with E-state index in [-0.39, 0.29) is 5.91 Å². The number of carbonyl (C=O) groups excluding carboxylic acids is 1. The van der Waals surface area contributed by atoms with E-state index in [9.17, 15) is 4.79 Å². The molecule has 2 unspecified atom stereocenters. The van der Waals surface area contributed by atoms with Gasteiger partial charge in [0.25, 0.3) is 0 Å². The highest BCUT2D eigenvalue weighted by Gasteiger charge is 2.42. The van der Waals surface area contributed by atoms with Gasteiger partial charge in [-0.1, -0.05) is 20.3 Å². The smallest absolute Gasteiger partial charge is 0.242 e. The van der Waals surface area contributed by atoms with Crippen molar-refractivity contribution >= 4 is 5.91 Å². The second-order valence-electron chi connectivity index (χ2n) is 5.76. The zero-order chi connectivity index (χ0) is 12.5. The van der Waals surface area contributed by atoms with Crippen LogP contribution in [-0.4, -0.2) is 28.9 Å². The fourth-order valence-electron chi connectivity index (χ4n) is 3.54. The molecule has 2 N–H and O–H groups in total. The summed E-state index contributed by atoms with van der Waals surface area (Å²) in [5, 5.41) is 0. The van der Waals surface area contributed by atoms with Gasteiger partial charge in [-0.25, -0.2) is 0 Å². The number of nitrogens with two attached hydrogens (primary N) is 1. The largest absolute Gasteiger partial charge is 0.338 e. The minimum atomic E-state index is -0.621. The van der Waals surface area contributed by atoms with Crippen LogP contribution in [-0.2, 0) is 4.79 Å². The van der Waals surface area contributed by atoms with Gasteiger partial charge in [0.2, 0.25) is 5.91 Å². The van der Waals surface area contributed by atoms with E-state index in [1.807, 2.05) is 13.8 Å². The lowest BCUT2D eigenvalue weighted by Crippen LogP contribution is -2.59. The van der Waals surface area contributed by atoms with Gasteiger partial charge in [-0.3, -0.25) is 4.79 Å². The number of carbonyl (C=O) groups is 1. The predicted molar refractivity (Wildman–Crippen MR) is 69.6 cm³/mol. The summed E-state index contributed by atoms with van der Waals surface area (Å²) in [7, 11) is 0. The van der Waals surface area contributed by atoms with E-state index in [2.05, 4.69) is 4.90 Å². The van der Waals surface area contributed by atoms with E-state index < -0.39 is 5.54 Å². The number of fused-ring (bicyclic) bond motifs is 1. The van der Waals surface area contributed by atoms with Gasteiger partial charge in [-0.05, 0) is 44.4 Å². The Balaban J connectivity index is 2.12. The monoisotopic (exact) mass is 238 g/mol. The predicted octanol–water partition coefficient (Wildman–Crippen LogP) is 2.29. The molecule has 98 valence electrons. The average molecular weight is 238 g/mol. The minimum Gasteiger partial charge on any atom is -0.338 e. The van der Waals surface area contributed by atoms with E-state index >= 15 is 0 Å². The second-order valence-corrected chi connectivity index (χ2v) is 5.76. The van der Waals surface area contributed by atoms with E-state index in [4.69, 9.17) is 5.73 Å². The number of rotatable bonds is 3. The molecule has 2 aliphatic rings. The van der Waals surface area contributed by atoms with E-state index in [0.717, 1.165) is 31.7 Å². The zero-order valence-corrected chi connectivity index (χ0v) is 11.2. The highest BCUT2D eigenvalue weighted by Crippen LogP contribution is 2.37. The normalized spacial score (nSPS) is 29.2. The van der Waals surface area contributed by atoms with Crippen LogP contribution in [0.15, 0.2) is 0 Å². The van der Waals surface area contributed by atoms with Crippen LogP contribution in [0.5, 0.6) is 0 Å². The molecular weight excluding hydrogens is 212 g/mol. The van der Waals surface area contributed by atoms with Crippen molar-refractivity contribution in [3.63, 3.8) is 0 Å². The number of piperidine rings is 1. The summed E-state index contributed by atoms with van der Waals surface area (Å²) in [6.07, 6.45) is 7.76. The molecule has 1 aliphatic heterocycles. The molecule has 1 aliphatic carbocycles. The molecule has 1 saturated carbocycles. The lowest BCUT2D eigenvalue weighted by Gasteiger charge is -2.42. The van der Waals surface area contributed by atoms with Crippen LogP contribution in [0.3, 0.4) is 0 Å². The lowest BCUT2D eigenvalue weighted by molar-refractivity contribution is -0.142. The van der Waals surface area contributed by atoms with Crippen molar-refractivity contribution in [2.45, 2.75) is 70.4 Å². The van der Waals surface area contributed by atoms with Gasteiger partial charge in [0, 0.05) is 12.6 Å². The maximum Gasteiger partial charge on any atom is 0.242 e. The molecule has 0 bridgehead atoms. The Labute approximate surface area is 105 Å². The maximum atomic E-state index is 12.6. The summed E-state index contributed by atoms with van der Waals surface area (Å²) in [5.74, 6) is 0.963. The van der Waals surface area contributed by atoms with Crippen LogP contribution in [0.4, 0.5) is 0 Å². The molecule has 1 heterocycles. The fourth-order valence-corrected chi connectivity index (χ4v) is 3.54. The first-order valence-electron chi connectivity index (χ1n) is 7.22. The maximum absolute atomic E-state index is 12.6. The molecular formula is C14H26N2O. The van der Waals surface area contributed by atoms with Crippen molar-refractivity contribution in [3.8, 4) is 0 Å². The number of amides is 1. The fraction of sp³-hybridized carbons (Fsp3) is 0.929. The molecule has 2 fully saturated rings. The highest BCUT2D eigenvalue weighted by atomic mass is 16.2. The molecule has 2 rings (SSSR count). The molecule has 0 aromatic carbocycles. The van der Waals surface area contributed by atoms with Crippen LogP contribution in [0.1, 0.15) is 58.8 Å². The Morgan fingerprint density at radius 1 is 1.24 bits per heavy atom. The van der Waals surface area contributed by atoms with Gasteiger partial charge in [-0.15, -0.1) is 0 Å². The number of hydrogen-bond acceptors (Lipinski definition) is 2. The van der Waals surface area contributed by atoms with Crippen molar-refractivity contribution in [1.29, 1.82) is 0 Å². The molecule has 17 heavy (non-hydrogen) atoms. The standard InChI is InChI=1S/C14H26N2O/c1-3-14(15,4-2)13(17)16-10-6-8-11-7-5-9-12(11)16/h11-12H,3-10,15H2,1-2H3. The van der Waals surface area contributed by atoms with Gasteiger partial charge in [0.05, 0.1) is 5.54 Å². The molecule has 0 spiro atoms. The molecule has 2 atom stereocenters. The van der Waals surface area contributed by atoms with Crippen LogP contribution >= 0.6 is 0 Å². The van der Waals surface area contributed by atoms with Crippen LogP contribution in [0.2, 0.25) is 0 Å². The summed E-state index contributed by atoms with van der Waals surface area (Å²) in [6, 6.07) is 0.497. The van der Waals surface area contributed by atoms with Crippen LogP contribution in [0.25, 0.3) is 0 Å². The first kappa shape index (κ1) is 12.9. The molecule has 0 aromatic rings. The second kappa shape index (κ2) is 4.97. The minimum absolute atomic E-state index is 0.208. The van der Waals surface area contributed by atoms with E-state index in [1.165, 1.54) is 25.7 Å². The van der Waals surface area contributed by atoms with Crippen molar-refractivity contribution in [2.24, 2.45) is 11.7 Å². The van der Waals surface area contributed by atoms with E-state index in [0.29, 0.717) is 6.04 Å². The Hall–Kier alpha value is -0.570. The molecule has 0 radical (unpaired) electrons. The van der Waals surface area contributed by atoms with Gasteiger partial charge in [0.1, 0.15) is 0 Å². The molecule has 0 aromatic heterocycles. The topological polar surface area (TPSA) is 46.3 Å². The summed E-state index contributed by atoms with van der Waals surface area (Å²) in [4.78, 5) is 14.7. The third-order valence-corrected chi connectivity index (χ3v) is 4.94. The molecule has 3 nitrogen and oxygen atoms in total. The van der Waals surface area contributed by atoms with Gasteiger partial charge >= 0.3 is 0 Å². The van der Waals surface area contributed by atoms with Crippen molar-refractivity contribution in [1.82, 2.24) is 4.90 Å².